The fourth-order valence-electron chi connectivity index (χ4n) is 1.66. The van der Waals surface area contributed by atoms with Gasteiger partial charge in [-0.25, -0.2) is 4.98 Å². The van der Waals surface area contributed by atoms with E-state index < -0.39 is 17.9 Å². The SMILES string of the molecule is Cc1nc2ccc(NC(=O)C(N)CC(N)=O)cc2s1. The van der Waals surface area contributed by atoms with Crippen LogP contribution in [0.1, 0.15) is 11.4 Å². The number of amides is 2. The Hall–Kier alpha value is -1.99. The molecule has 0 radical (unpaired) electrons. The van der Waals surface area contributed by atoms with Gasteiger partial charge in [-0.3, -0.25) is 9.59 Å². The summed E-state index contributed by atoms with van der Waals surface area (Å²) in [5.41, 5.74) is 12.1. The van der Waals surface area contributed by atoms with Crippen molar-refractivity contribution in [2.75, 3.05) is 5.32 Å². The first-order chi connectivity index (χ1) is 8.95. The molecule has 0 aliphatic rings. The second-order valence-corrected chi connectivity index (χ2v) is 5.42. The zero-order chi connectivity index (χ0) is 14.0. The highest BCUT2D eigenvalue weighted by Crippen LogP contribution is 2.24. The van der Waals surface area contributed by atoms with Crippen LogP contribution < -0.4 is 16.8 Å². The van der Waals surface area contributed by atoms with Crippen molar-refractivity contribution >= 4 is 39.1 Å². The van der Waals surface area contributed by atoms with Gasteiger partial charge in [0.2, 0.25) is 11.8 Å². The number of primary amides is 1. The molecule has 1 atom stereocenters. The summed E-state index contributed by atoms with van der Waals surface area (Å²) in [6.45, 7) is 1.92. The van der Waals surface area contributed by atoms with Crippen molar-refractivity contribution in [1.29, 1.82) is 0 Å². The molecular weight excluding hydrogens is 264 g/mol. The molecule has 1 unspecified atom stereocenters. The fourth-order valence-corrected chi connectivity index (χ4v) is 2.53. The molecule has 5 N–H and O–H groups in total. The average molecular weight is 278 g/mol. The van der Waals surface area contributed by atoms with E-state index in [1.807, 2.05) is 19.1 Å². The number of nitrogens with one attached hydrogen (secondary N) is 1. The molecule has 0 aliphatic carbocycles. The maximum Gasteiger partial charge on any atom is 0.241 e. The van der Waals surface area contributed by atoms with Gasteiger partial charge in [-0.1, -0.05) is 0 Å². The van der Waals surface area contributed by atoms with Gasteiger partial charge in [0.25, 0.3) is 0 Å². The molecule has 2 aromatic rings. The first-order valence-corrected chi connectivity index (χ1v) is 6.49. The molecule has 2 amide bonds. The molecule has 2 rings (SSSR count). The Morgan fingerprint density at radius 2 is 2.21 bits per heavy atom. The van der Waals surface area contributed by atoms with Crippen LogP contribution in [-0.2, 0) is 9.59 Å². The van der Waals surface area contributed by atoms with Crippen molar-refractivity contribution in [2.24, 2.45) is 11.5 Å². The number of carbonyl (C=O) groups excluding carboxylic acids is 2. The highest BCUT2D eigenvalue weighted by atomic mass is 32.1. The number of nitrogens with zero attached hydrogens (tertiary/aromatic N) is 1. The van der Waals surface area contributed by atoms with Crippen LogP contribution in [0, 0.1) is 6.92 Å². The monoisotopic (exact) mass is 278 g/mol. The van der Waals surface area contributed by atoms with E-state index in [0.717, 1.165) is 15.2 Å². The van der Waals surface area contributed by atoms with E-state index in [-0.39, 0.29) is 6.42 Å². The van der Waals surface area contributed by atoms with E-state index in [2.05, 4.69) is 10.3 Å². The third kappa shape index (κ3) is 3.27. The molecule has 6 nitrogen and oxygen atoms in total. The van der Waals surface area contributed by atoms with Crippen LogP contribution in [0.3, 0.4) is 0 Å². The molecule has 0 fully saturated rings. The average Bonchev–Trinajstić information content (AvgIpc) is 2.67. The van der Waals surface area contributed by atoms with Gasteiger partial charge in [0.05, 0.1) is 27.7 Å². The van der Waals surface area contributed by atoms with Crippen LogP contribution >= 0.6 is 11.3 Å². The number of benzene rings is 1. The highest BCUT2D eigenvalue weighted by Gasteiger charge is 2.16. The summed E-state index contributed by atoms with van der Waals surface area (Å²) < 4.78 is 0.985. The predicted octanol–water partition coefficient (Wildman–Crippen LogP) is 0.746. The Labute approximate surface area is 113 Å². The van der Waals surface area contributed by atoms with Crippen LogP contribution in [0.2, 0.25) is 0 Å². The lowest BCUT2D eigenvalue weighted by Gasteiger charge is -2.10. The molecule has 0 saturated heterocycles. The Morgan fingerprint density at radius 3 is 2.89 bits per heavy atom. The molecular formula is C12H14N4O2S. The second-order valence-electron chi connectivity index (χ2n) is 4.18. The molecule has 1 heterocycles. The number of aryl methyl sites for hydroxylation is 1. The minimum atomic E-state index is -0.934. The summed E-state index contributed by atoms with van der Waals surface area (Å²) in [4.78, 5) is 26.8. The maximum absolute atomic E-state index is 11.7. The van der Waals surface area contributed by atoms with Crippen LogP contribution in [0.4, 0.5) is 5.69 Å². The van der Waals surface area contributed by atoms with Crippen LogP contribution in [0.25, 0.3) is 10.2 Å². The quantitative estimate of drug-likeness (QED) is 0.766. The van der Waals surface area contributed by atoms with Crippen LogP contribution in [-0.4, -0.2) is 22.8 Å². The lowest BCUT2D eigenvalue weighted by Crippen LogP contribution is -2.38. The number of hydrogen-bond donors (Lipinski definition) is 3. The van der Waals surface area contributed by atoms with Crippen molar-refractivity contribution in [3.05, 3.63) is 23.2 Å². The highest BCUT2D eigenvalue weighted by molar-refractivity contribution is 7.18. The number of fused-ring (bicyclic) bond motifs is 1. The first kappa shape index (κ1) is 13.4. The Bertz CT molecular complexity index is 638. The van der Waals surface area contributed by atoms with Gasteiger partial charge in [-0.2, -0.15) is 0 Å². The van der Waals surface area contributed by atoms with Crippen molar-refractivity contribution in [3.63, 3.8) is 0 Å². The molecule has 0 spiro atoms. The van der Waals surface area contributed by atoms with Gasteiger partial charge >= 0.3 is 0 Å². The number of rotatable bonds is 4. The number of nitrogens with two attached hydrogens (primary N) is 2. The molecule has 100 valence electrons. The van der Waals surface area contributed by atoms with Gasteiger partial charge in [-0.15, -0.1) is 11.3 Å². The second kappa shape index (κ2) is 5.33. The number of aromatic nitrogens is 1. The van der Waals surface area contributed by atoms with E-state index in [1.165, 1.54) is 0 Å². The van der Waals surface area contributed by atoms with Gasteiger partial charge in [0, 0.05) is 5.69 Å². The summed E-state index contributed by atoms with van der Waals surface area (Å²) in [5.74, 6) is -1.03. The predicted molar refractivity (Wildman–Crippen MR) is 74.8 cm³/mol. The topological polar surface area (TPSA) is 111 Å². The zero-order valence-corrected chi connectivity index (χ0v) is 11.2. The van der Waals surface area contributed by atoms with E-state index in [1.54, 1.807) is 17.4 Å². The number of thiazole rings is 1. The number of anilines is 1. The first-order valence-electron chi connectivity index (χ1n) is 5.67. The summed E-state index contributed by atoms with van der Waals surface area (Å²) in [6.07, 6.45) is -0.173. The molecule has 7 heteroatoms. The van der Waals surface area contributed by atoms with Gasteiger partial charge in [0.15, 0.2) is 0 Å². The lowest BCUT2D eigenvalue weighted by atomic mass is 10.2. The molecule has 1 aromatic heterocycles. The minimum absolute atomic E-state index is 0.173. The van der Waals surface area contributed by atoms with Crippen molar-refractivity contribution in [3.8, 4) is 0 Å². The standard InChI is InChI=1S/C12H14N4O2S/c1-6-15-9-3-2-7(4-10(9)19-6)16-12(18)8(13)5-11(14)17/h2-4,8H,5,13H2,1H3,(H2,14,17)(H,16,18). The summed E-state index contributed by atoms with van der Waals surface area (Å²) >= 11 is 1.54. The van der Waals surface area contributed by atoms with Crippen molar-refractivity contribution in [2.45, 2.75) is 19.4 Å². The van der Waals surface area contributed by atoms with Crippen molar-refractivity contribution in [1.82, 2.24) is 4.98 Å². The van der Waals surface area contributed by atoms with E-state index in [4.69, 9.17) is 11.5 Å². The molecule has 0 saturated carbocycles. The third-order valence-corrected chi connectivity index (χ3v) is 3.45. The zero-order valence-electron chi connectivity index (χ0n) is 10.3. The lowest BCUT2D eigenvalue weighted by molar-refractivity contribution is -0.123. The normalized spacial score (nSPS) is 12.3. The van der Waals surface area contributed by atoms with Crippen LogP contribution in [0.5, 0.6) is 0 Å². The molecule has 19 heavy (non-hydrogen) atoms. The minimum Gasteiger partial charge on any atom is -0.370 e. The number of carbonyl (C=O) groups is 2. The van der Waals surface area contributed by atoms with Gasteiger partial charge in [-0.05, 0) is 25.1 Å². The Balaban J connectivity index is 2.12. The largest absolute Gasteiger partial charge is 0.370 e. The Kier molecular flexibility index (Phi) is 3.77. The number of hydrogen-bond acceptors (Lipinski definition) is 5. The van der Waals surface area contributed by atoms with Crippen LogP contribution in [0.15, 0.2) is 18.2 Å². The molecule has 0 aliphatic heterocycles. The van der Waals surface area contributed by atoms with Crippen molar-refractivity contribution < 1.29 is 9.59 Å². The smallest absolute Gasteiger partial charge is 0.241 e. The third-order valence-electron chi connectivity index (χ3n) is 2.52. The van der Waals surface area contributed by atoms with Gasteiger partial charge in [0.1, 0.15) is 0 Å². The molecule has 0 bridgehead atoms. The van der Waals surface area contributed by atoms with E-state index >= 15 is 0 Å². The maximum atomic E-state index is 11.7. The van der Waals surface area contributed by atoms with E-state index in [9.17, 15) is 9.59 Å². The summed E-state index contributed by atoms with van der Waals surface area (Å²) in [6, 6.07) is 4.47. The molecule has 1 aromatic carbocycles. The summed E-state index contributed by atoms with van der Waals surface area (Å²) in [7, 11) is 0. The van der Waals surface area contributed by atoms with E-state index in [0.29, 0.717) is 5.69 Å². The summed E-state index contributed by atoms with van der Waals surface area (Å²) in [5, 5.41) is 3.62. The van der Waals surface area contributed by atoms with Gasteiger partial charge < -0.3 is 16.8 Å². The Morgan fingerprint density at radius 1 is 1.47 bits per heavy atom. The fraction of sp³-hybridized carbons (Fsp3) is 0.250.